The van der Waals surface area contributed by atoms with Crippen molar-refractivity contribution in [3.63, 3.8) is 0 Å². The average Bonchev–Trinajstić information content (AvgIpc) is 3.39. The SMILES string of the molecule is CC(C)(C)C(=O)NCCC(=O)N(C1CC1)C1CCCc2ccccc21. The van der Waals surface area contributed by atoms with E-state index in [9.17, 15) is 9.59 Å². The number of carbonyl (C=O) groups excluding carboxylic acids is 2. The fourth-order valence-corrected chi connectivity index (χ4v) is 3.68. The number of hydrogen-bond acceptors (Lipinski definition) is 2. The van der Waals surface area contributed by atoms with Crippen LogP contribution in [0, 0.1) is 5.41 Å². The minimum atomic E-state index is -0.415. The number of fused-ring (bicyclic) bond motifs is 1. The van der Waals surface area contributed by atoms with Gasteiger partial charge in [0, 0.05) is 24.4 Å². The van der Waals surface area contributed by atoms with Gasteiger partial charge in [-0.05, 0) is 43.2 Å². The van der Waals surface area contributed by atoms with E-state index in [0.29, 0.717) is 19.0 Å². The van der Waals surface area contributed by atoms with Crippen molar-refractivity contribution in [1.82, 2.24) is 10.2 Å². The molecule has 4 nitrogen and oxygen atoms in total. The van der Waals surface area contributed by atoms with Crippen molar-refractivity contribution in [2.45, 2.75) is 71.4 Å². The highest BCUT2D eigenvalue weighted by Gasteiger charge is 2.39. The summed E-state index contributed by atoms with van der Waals surface area (Å²) in [5.41, 5.74) is 2.30. The van der Waals surface area contributed by atoms with E-state index in [-0.39, 0.29) is 17.9 Å². The Balaban J connectivity index is 1.66. The first-order valence-electron chi connectivity index (χ1n) is 9.55. The third-order valence-electron chi connectivity index (χ3n) is 5.21. The predicted octanol–water partition coefficient (Wildman–Crippen LogP) is 3.61. The maximum Gasteiger partial charge on any atom is 0.225 e. The zero-order valence-electron chi connectivity index (χ0n) is 15.7. The van der Waals surface area contributed by atoms with Crippen LogP contribution in [0.1, 0.15) is 70.0 Å². The first-order valence-corrected chi connectivity index (χ1v) is 9.55. The van der Waals surface area contributed by atoms with Crippen LogP contribution in [0.25, 0.3) is 0 Å². The first kappa shape index (κ1) is 18.0. The first-order chi connectivity index (χ1) is 11.9. The molecule has 3 rings (SSSR count). The highest BCUT2D eigenvalue weighted by molar-refractivity contribution is 5.82. The number of nitrogens with one attached hydrogen (secondary N) is 1. The van der Waals surface area contributed by atoms with Crippen molar-refractivity contribution >= 4 is 11.8 Å². The molecule has 0 saturated heterocycles. The molecule has 0 heterocycles. The number of hydrogen-bond donors (Lipinski definition) is 1. The van der Waals surface area contributed by atoms with Gasteiger partial charge in [0.25, 0.3) is 0 Å². The number of rotatable bonds is 5. The minimum Gasteiger partial charge on any atom is -0.355 e. The molecule has 1 N–H and O–H groups in total. The van der Waals surface area contributed by atoms with Gasteiger partial charge in [-0.25, -0.2) is 0 Å². The van der Waals surface area contributed by atoms with Gasteiger partial charge in [-0.1, -0.05) is 45.0 Å². The highest BCUT2D eigenvalue weighted by atomic mass is 16.2. The summed E-state index contributed by atoms with van der Waals surface area (Å²) in [4.78, 5) is 27.1. The van der Waals surface area contributed by atoms with Crippen LogP contribution in [0.15, 0.2) is 24.3 Å². The van der Waals surface area contributed by atoms with E-state index in [1.165, 1.54) is 11.1 Å². The predicted molar refractivity (Wildman–Crippen MR) is 99.1 cm³/mol. The van der Waals surface area contributed by atoms with Crippen LogP contribution < -0.4 is 5.32 Å². The van der Waals surface area contributed by atoms with Crippen molar-refractivity contribution in [2.24, 2.45) is 5.41 Å². The molecule has 0 aliphatic heterocycles. The summed E-state index contributed by atoms with van der Waals surface area (Å²) in [5, 5.41) is 2.90. The fourth-order valence-electron chi connectivity index (χ4n) is 3.68. The van der Waals surface area contributed by atoms with Gasteiger partial charge in [-0.2, -0.15) is 0 Å². The molecule has 0 radical (unpaired) electrons. The Bertz CT molecular complexity index is 644. The zero-order chi connectivity index (χ0) is 18.0. The van der Waals surface area contributed by atoms with Gasteiger partial charge >= 0.3 is 0 Å². The Hall–Kier alpha value is -1.84. The van der Waals surface area contributed by atoms with Crippen molar-refractivity contribution < 1.29 is 9.59 Å². The molecule has 0 aromatic heterocycles. The van der Waals surface area contributed by atoms with Gasteiger partial charge in [0.15, 0.2) is 0 Å². The van der Waals surface area contributed by atoms with Crippen LogP contribution in [0.4, 0.5) is 0 Å². The second-order valence-corrected chi connectivity index (χ2v) is 8.39. The van der Waals surface area contributed by atoms with Crippen LogP contribution in [-0.2, 0) is 16.0 Å². The minimum absolute atomic E-state index is 0.00119. The molecule has 1 fully saturated rings. The normalized spacial score (nSPS) is 19.9. The van der Waals surface area contributed by atoms with Gasteiger partial charge in [0.2, 0.25) is 11.8 Å². The molecule has 1 unspecified atom stereocenters. The molecule has 136 valence electrons. The summed E-state index contributed by atoms with van der Waals surface area (Å²) in [5.74, 6) is 0.180. The maximum absolute atomic E-state index is 12.9. The number of benzene rings is 1. The molecule has 2 aliphatic carbocycles. The third kappa shape index (κ3) is 4.23. The van der Waals surface area contributed by atoms with Gasteiger partial charge in [-0.15, -0.1) is 0 Å². The Morgan fingerprint density at radius 2 is 1.88 bits per heavy atom. The van der Waals surface area contributed by atoms with E-state index < -0.39 is 5.41 Å². The standard InChI is InChI=1S/C21H30N2O2/c1-21(2,3)20(25)22-14-13-19(24)23(16-11-12-16)18-10-6-8-15-7-4-5-9-17(15)18/h4-5,7,9,16,18H,6,8,10-14H2,1-3H3,(H,22,25). The van der Waals surface area contributed by atoms with E-state index in [4.69, 9.17) is 0 Å². The van der Waals surface area contributed by atoms with Crippen LogP contribution in [0.3, 0.4) is 0 Å². The Morgan fingerprint density at radius 1 is 1.16 bits per heavy atom. The fraction of sp³-hybridized carbons (Fsp3) is 0.619. The maximum atomic E-state index is 12.9. The lowest BCUT2D eigenvalue weighted by Gasteiger charge is -2.36. The zero-order valence-corrected chi connectivity index (χ0v) is 15.7. The Kier molecular flexibility index (Phi) is 5.16. The van der Waals surface area contributed by atoms with E-state index in [2.05, 4.69) is 34.5 Å². The largest absolute Gasteiger partial charge is 0.355 e. The van der Waals surface area contributed by atoms with E-state index in [1.54, 1.807) is 0 Å². The molecule has 1 aromatic rings. The topological polar surface area (TPSA) is 49.4 Å². The summed E-state index contributed by atoms with van der Waals surface area (Å²) in [6, 6.07) is 9.15. The van der Waals surface area contributed by atoms with Crippen LogP contribution in [0.5, 0.6) is 0 Å². The number of aryl methyl sites for hydroxylation is 1. The van der Waals surface area contributed by atoms with Crippen molar-refractivity contribution in [2.75, 3.05) is 6.54 Å². The molecule has 2 amide bonds. The van der Waals surface area contributed by atoms with Crippen molar-refractivity contribution in [3.8, 4) is 0 Å². The average molecular weight is 342 g/mol. The van der Waals surface area contributed by atoms with E-state index >= 15 is 0 Å². The molecule has 1 saturated carbocycles. The molecule has 4 heteroatoms. The monoisotopic (exact) mass is 342 g/mol. The Morgan fingerprint density at radius 3 is 2.56 bits per heavy atom. The van der Waals surface area contributed by atoms with Crippen LogP contribution in [-0.4, -0.2) is 29.3 Å². The van der Waals surface area contributed by atoms with E-state index in [1.807, 2.05) is 20.8 Å². The third-order valence-corrected chi connectivity index (χ3v) is 5.21. The van der Waals surface area contributed by atoms with Crippen LogP contribution in [0.2, 0.25) is 0 Å². The molecule has 0 spiro atoms. The second-order valence-electron chi connectivity index (χ2n) is 8.39. The summed E-state index contributed by atoms with van der Waals surface area (Å²) in [6.07, 6.45) is 5.90. The lowest BCUT2D eigenvalue weighted by atomic mass is 9.86. The summed E-state index contributed by atoms with van der Waals surface area (Å²) in [7, 11) is 0. The molecular formula is C21H30N2O2. The molecular weight excluding hydrogens is 312 g/mol. The molecule has 25 heavy (non-hydrogen) atoms. The molecule has 0 bridgehead atoms. The van der Waals surface area contributed by atoms with Gasteiger partial charge in [0.1, 0.15) is 0 Å². The quantitative estimate of drug-likeness (QED) is 0.889. The van der Waals surface area contributed by atoms with Crippen LogP contribution >= 0.6 is 0 Å². The molecule has 2 aliphatic rings. The highest BCUT2D eigenvalue weighted by Crippen LogP contribution is 2.41. The molecule has 1 atom stereocenters. The van der Waals surface area contributed by atoms with Gasteiger partial charge in [-0.3, -0.25) is 9.59 Å². The Labute approximate surface area is 151 Å². The van der Waals surface area contributed by atoms with E-state index in [0.717, 1.165) is 32.1 Å². The lowest BCUT2D eigenvalue weighted by molar-refractivity contribution is -0.135. The molecule has 1 aromatic carbocycles. The summed E-state index contributed by atoms with van der Waals surface area (Å²) in [6.45, 7) is 6.09. The second kappa shape index (κ2) is 7.19. The van der Waals surface area contributed by atoms with Gasteiger partial charge < -0.3 is 10.2 Å². The number of nitrogens with zero attached hydrogens (tertiary/aromatic N) is 1. The van der Waals surface area contributed by atoms with Gasteiger partial charge in [0.05, 0.1) is 6.04 Å². The number of carbonyl (C=O) groups is 2. The smallest absolute Gasteiger partial charge is 0.225 e. The van der Waals surface area contributed by atoms with Crippen molar-refractivity contribution in [3.05, 3.63) is 35.4 Å². The lowest BCUT2D eigenvalue weighted by Crippen LogP contribution is -2.41. The summed E-state index contributed by atoms with van der Waals surface area (Å²) < 4.78 is 0. The van der Waals surface area contributed by atoms with Crippen molar-refractivity contribution in [1.29, 1.82) is 0 Å². The summed E-state index contributed by atoms with van der Waals surface area (Å²) >= 11 is 0. The number of amides is 2.